The van der Waals surface area contributed by atoms with Gasteiger partial charge in [-0.05, 0) is 82.6 Å². The minimum absolute atomic E-state index is 0.0817. The lowest BCUT2D eigenvalue weighted by Crippen LogP contribution is -2.40. The third kappa shape index (κ3) is 7.29. The fraction of sp³-hybridized carbons (Fsp3) is 0.514. The number of anilines is 1. The van der Waals surface area contributed by atoms with E-state index >= 15 is 0 Å². The number of imidazole rings is 1. The van der Waals surface area contributed by atoms with Gasteiger partial charge in [0.25, 0.3) is 0 Å². The topological polar surface area (TPSA) is 117 Å². The summed E-state index contributed by atoms with van der Waals surface area (Å²) >= 11 is 6.00. The van der Waals surface area contributed by atoms with Crippen LogP contribution in [0.2, 0.25) is 0 Å². The molecule has 1 atom stereocenters. The predicted octanol–water partition coefficient (Wildman–Crippen LogP) is 6.88. The van der Waals surface area contributed by atoms with Gasteiger partial charge in [0.15, 0.2) is 6.23 Å². The summed E-state index contributed by atoms with van der Waals surface area (Å²) in [7, 11) is 0. The molecule has 1 aromatic carbocycles. The zero-order valence-corrected chi connectivity index (χ0v) is 28.7. The lowest BCUT2D eigenvalue weighted by Gasteiger charge is -2.33. The molecule has 1 N–H and O–H groups in total. The summed E-state index contributed by atoms with van der Waals surface area (Å²) in [4.78, 5) is 19.8. The number of rotatable bonds is 11. The van der Waals surface area contributed by atoms with Gasteiger partial charge in [0, 0.05) is 54.6 Å². The molecular weight excluding hydrogens is 630 g/mol. The monoisotopic (exact) mass is 673 g/mol. The van der Waals surface area contributed by atoms with Crippen LogP contribution in [0.1, 0.15) is 76.8 Å². The number of amides is 1. The van der Waals surface area contributed by atoms with E-state index in [-0.39, 0.29) is 12.3 Å². The van der Waals surface area contributed by atoms with Crippen molar-refractivity contribution in [3.8, 4) is 11.3 Å². The molecule has 1 aliphatic heterocycles. The van der Waals surface area contributed by atoms with Gasteiger partial charge >= 0.3 is 6.09 Å². The number of aromatic nitrogens is 7. The number of carbonyl (C=O) groups is 1. The number of fused-ring (bicyclic) bond motifs is 2. The lowest BCUT2D eigenvalue weighted by atomic mass is 9.85. The normalized spacial score (nSPS) is 17.1. The van der Waals surface area contributed by atoms with Gasteiger partial charge < -0.3 is 24.1 Å². The molecule has 1 aliphatic carbocycles. The smallest absolute Gasteiger partial charge is 0.410 e. The quantitative estimate of drug-likeness (QED) is 0.151. The molecule has 0 bridgehead atoms. The van der Waals surface area contributed by atoms with Crippen LogP contribution in [-0.4, -0.2) is 76.3 Å². The molecule has 12 nitrogen and oxygen atoms in total. The number of hydrogen-bond donors (Lipinski definition) is 1. The summed E-state index contributed by atoms with van der Waals surface area (Å²) in [6, 6.07) is 8.21. The SMILES string of the molecule is CC(C)(C)OC(=O)N(Cc1ccc2nc(Cn3cc(-c4cc(NCCCl)cc5c4cnn5C4CCCCO4)nn3)cn2c1)CC1CCC1. The van der Waals surface area contributed by atoms with Gasteiger partial charge in [-0.2, -0.15) is 5.10 Å². The van der Waals surface area contributed by atoms with Gasteiger partial charge in [-0.15, -0.1) is 16.7 Å². The van der Waals surface area contributed by atoms with E-state index in [4.69, 9.17) is 31.2 Å². The van der Waals surface area contributed by atoms with E-state index in [0.717, 1.165) is 83.5 Å². The van der Waals surface area contributed by atoms with Crippen LogP contribution in [0.15, 0.2) is 49.1 Å². The molecule has 5 aromatic rings. The summed E-state index contributed by atoms with van der Waals surface area (Å²) in [6.07, 6.45) is 14.2. The third-order valence-electron chi connectivity index (χ3n) is 9.00. The number of alkyl halides is 1. The van der Waals surface area contributed by atoms with Crippen molar-refractivity contribution in [2.24, 2.45) is 5.92 Å². The molecule has 4 aromatic heterocycles. The van der Waals surface area contributed by atoms with Crippen LogP contribution >= 0.6 is 11.6 Å². The summed E-state index contributed by atoms with van der Waals surface area (Å²) in [5.74, 6) is 1.04. The molecule has 1 saturated heterocycles. The van der Waals surface area contributed by atoms with Crippen molar-refractivity contribution < 1.29 is 14.3 Å². The highest BCUT2D eigenvalue weighted by Crippen LogP contribution is 2.34. The Balaban J connectivity index is 1.10. The van der Waals surface area contributed by atoms with Gasteiger partial charge in [0.1, 0.15) is 16.9 Å². The first-order chi connectivity index (χ1) is 23.2. The molecule has 0 spiro atoms. The number of benzene rings is 1. The number of ether oxygens (including phenoxy) is 2. The number of hydrogen-bond acceptors (Lipinski definition) is 8. The van der Waals surface area contributed by atoms with Crippen molar-refractivity contribution >= 4 is 39.9 Å². The van der Waals surface area contributed by atoms with Crippen LogP contribution in [-0.2, 0) is 22.6 Å². The van der Waals surface area contributed by atoms with Crippen LogP contribution in [0.4, 0.5) is 10.5 Å². The molecular formula is C35H44ClN9O3. The van der Waals surface area contributed by atoms with E-state index in [1.54, 1.807) is 4.68 Å². The Morgan fingerprint density at radius 3 is 2.75 bits per heavy atom. The molecule has 48 heavy (non-hydrogen) atoms. The standard InChI is InChI=1S/C35H44ClN9O3/c1-35(2,3)48-34(46)43(18-24-7-6-8-24)20-25-10-11-32-39-27(21-42(32)19-25)22-44-23-30(40-41-44)28-15-26(37-13-12-36)16-31-29(28)17-38-45(31)33-9-4-5-14-47-33/h10-11,15-17,19,21,23-24,33,37H,4-9,12-14,18,20,22H2,1-3H3. The summed E-state index contributed by atoms with van der Waals surface area (Å²) in [6.45, 7) is 8.75. The molecule has 2 aliphatic rings. The Bertz CT molecular complexity index is 1880. The van der Waals surface area contributed by atoms with Gasteiger partial charge in [0.05, 0.1) is 36.7 Å². The van der Waals surface area contributed by atoms with Crippen LogP contribution in [0, 0.1) is 5.92 Å². The van der Waals surface area contributed by atoms with Crippen molar-refractivity contribution in [1.82, 2.24) is 39.1 Å². The number of nitrogens with one attached hydrogen (secondary N) is 1. The average molecular weight is 674 g/mol. The number of pyridine rings is 1. The highest BCUT2D eigenvalue weighted by Gasteiger charge is 2.28. The molecule has 2 fully saturated rings. The molecule has 1 unspecified atom stereocenters. The number of carbonyl (C=O) groups excluding carboxylic acids is 1. The van der Waals surface area contributed by atoms with Gasteiger partial charge in [0.2, 0.25) is 0 Å². The second-order valence-corrected chi connectivity index (χ2v) is 14.4. The Kier molecular flexibility index (Phi) is 9.28. The zero-order chi connectivity index (χ0) is 33.3. The predicted molar refractivity (Wildman–Crippen MR) is 185 cm³/mol. The Morgan fingerprint density at radius 1 is 1.12 bits per heavy atom. The largest absolute Gasteiger partial charge is 0.444 e. The summed E-state index contributed by atoms with van der Waals surface area (Å²) in [5.41, 5.74) is 5.78. The minimum Gasteiger partial charge on any atom is -0.444 e. The summed E-state index contributed by atoms with van der Waals surface area (Å²) < 4.78 is 17.6. The minimum atomic E-state index is -0.541. The van der Waals surface area contributed by atoms with Gasteiger partial charge in [-0.1, -0.05) is 17.7 Å². The van der Waals surface area contributed by atoms with Crippen LogP contribution in [0.3, 0.4) is 0 Å². The van der Waals surface area contributed by atoms with E-state index in [9.17, 15) is 4.79 Å². The van der Waals surface area contributed by atoms with Crippen molar-refractivity contribution in [2.75, 3.05) is 30.9 Å². The van der Waals surface area contributed by atoms with E-state index < -0.39 is 5.60 Å². The van der Waals surface area contributed by atoms with Gasteiger partial charge in [-0.25, -0.2) is 19.1 Å². The Morgan fingerprint density at radius 2 is 2.00 bits per heavy atom. The second kappa shape index (κ2) is 13.8. The first kappa shape index (κ1) is 32.4. The molecule has 7 rings (SSSR count). The highest BCUT2D eigenvalue weighted by molar-refractivity contribution is 6.18. The van der Waals surface area contributed by atoms with Crippen molar-refractivity contribution in [2.45, 2.75) is 84.2 Å². The third-order valence-corrected chi connectivity index (χ3v) is 9.19. The maximum Gasteiger partial charge on any atom is 0.410 e. The zero-order valence-electron chi connectivity index (χ0n) is 27.9. The Labute approximate surface area is 285 Å². The molecule has 1 saturated carbocycles. The molecule has 254 valence electrons. The molecule has 5 heterocycles. The summed E-state index contributed by atoms with van der Waals surface area (Å²) in [5, 5.41) is 18.2. The van der Waals surface area contributed by atoms with E-state index in [0.29, 0.717) is 38.0 Å². The van der Waals surface area contributed by atoms with Crippen molar-refractivity contribution in [1.29, 1.82) is 0 Å². The molecule has 1 amide bonds. The lowest BCUT2D eigenvalue weighted by molar-refractivity contribution is -0.0366. The van der Waals surface area contributed by atoms with E-state index in [1.807, 2.05) is 71.7 Å². The van der Waals surface area contributed by atoms with Crippen LogP contribution in [0.25, 0.3) is 27.8 Å². The molecule has 13 heteroatoms. The fourth-order valence-corrected chi connectivity index (χ4v) is 6.55. The maximum absolute atomic E-state index is 13.1. The van der Waals surface area contributed by atoms with Crippen LogP contribution in [0.5, 0.6) is 0 Å². The average Bonchev–Trinajstić information content (AvgIpc) is 3.78. The van der Waals surface area contributed by atoms with Crippen LogP contribution < -0.4 is 5.32 Å². The van der Waals surface area contributed by atoms with E-state index in [1.165, 1.54) is 6.42 Å². The molecule has 0 radical (unpaired) electrons. The fourth-order valence-electron chi connectivity index (χ4n) is 6.46. The number of nitrogens with zero attached hydrogens (tertiary/aromatic N) is 8. The maximum atomic E-state index is 13.1. The first-order valence-electron chi connectivity index (χ1n) is 17.0. The first-order valence-corrected chi connectivity index (χ1v) is 17.5. The second-order valence-electron chi connectivity index (χ2n) is 14.0. The van der Waals surface area contributed by atoms with Crippen molar-refractivity contribution in [3.63, 3.8) is 0 Å². The van der Waals surface area contributed by atoms with E-state index in [2.05, 4.69) is 27.8 Å². The van der Waals surface area contributed by atoms with Gasteiger partial charge in [-0.3, -0.25) is 0 Å². The van der Waals surface area contributed by atoms with Crippen molar-refractivity contribution in [3.05, 3.63) is 60.3 Å². The number of halogens is 1. The highest BCUT2D eigenvalue weighted by atomic mass is 35.5. The Hall–Kier alpha value is -4.16.